The van der Waals surface area contributed by atoms with Crippen LogP contribution in [-0.4, -0.2) is 21.3 Å². The van der Waals surface area contributed by atoms with Gasteiger partial charge in [-0.1, -0.05) is 6.04 Å². The molecule has 0 unspecified atom stereocenters. The molecule has 0 bridgehead atoms. The van der Waals surface area contributed by atoms with Crippen LogP contribution in [0.2, 0.25) is 6.04 Å². The molecule has 0 saturated carbocycles. The van der Waals surface area contributed by atoms with E-state index < -0.39 is 5.97 Å². The summed E-state index contributed by atoms with van der Waals surface area (Å²) in [5.41, 5.74) is 0. The van der Waals surface area contributed by atoms with Crippen molar-refractivity contribution in [3.8, 4) is 0 Å². The predicted molar refractivity (Wildman–Crippen MR) is 28.1 cm³/mol. The van der Waals surface area contributed by atoms with E-state index in [0.717, 1.165) is 16.3 Å². The molecule has 0 saturated heterocycles. The quantitative estimate of drug-likeness (QED) is 0.390. The van der Waals surface area contributed by atoms with E-state index in [1.165, 1.54) is 0 Å². The van der Waals surface area contributed by atoms with Crippen LogP contribution in [0.4, 0.5) is 0 Å². The molecule has 1 N–H and O–H groups in total. The monoisotopic (exact) mass is 128 g/mol. The maximum atomic E-state index is 9.62. The number of carboxylic acid groups (broad SMARTS) is 1. The number of carboxylic acids is 1. The zero-order chi connectivity index (χ0) is 4.99. The van der Waals surface area contributed by atoms with Crippen molar-refractivity contribution in [2.45, 2.75) is 12.5 Å². The molecule has 0 spiro atoms. The first kappa shape index (κ1) is 10.6. The molecule has 0 rings (SSSR count). The van der Waals surface area contributed by atoms with Crippen LogP contribution in [-0.2, 0) is 4.79 Å². The van der Waals surface area contributed by atoms with Gasteiger partial charge in [0.05, 0.1) is 0 Å². The second kappa shape index (κ2) is 6.69. The summed E-state index contributed by atoms with van der Waals surface area (Å²) in [6.45, 7) is 0. The zero-order valence-electron chi connectivity index (χ0n) is 5.77. The van der Waals surface area contributed by atoms with Gasteiger partial charge in [0.25, 0.3) is 0 Å². The molecular formula is C3H9NaO2Si. The largest absolute Gasteiger partial charge is 1.00 e. The summed E-state index contributed by atoms with van der Waals surface area (Å²) in [5, 5.41) is 7.94. The number of hydrogen-bond acceptors (Lipinski definition) is 1. The molecule has 0 aromatic carbocycles. The minimum absolute atomic E-state index is 0. The predicted octanol–water partition coefficient (Wildman–Crippen LogP) is -3.64. The molecule has 0 aliphatic rings. The van der Waals surface area contributed by atoms with Crippen LogP contribution in [0.1, 0.15) is 7.85 Å². The third-order valence-corrected chi connectivity index (χ3v) is 0.964. The van der Waals surface area contributed by atoms with E-state index in [4.69, 9.17) is 5.11 Å². The van der Waals surface area contributed by atoms with E-state index in [9.17, 15) is 4.79 Å². The summed E-state index contributed by atoms with van der Waals surface area (Å²) in [6, 6.07) is 0.870. The molecule has 0 radical (unpaired) electrons. The van der Waals surface area contributed by atoms with Crippen LogP contribution in [0.25, 0.3) is 0 Å². The Balaban J connectivity index is -0.000000125. The number of aliphatic carboxylic acids is 1. The molecular weight excluding hydrogens is 119 g/mol. The Morgan fingerprint density at radius 1 is 1.86 bits per heavy atom. The topological polar surface area (TPSA) is 37.3 Å². The average Bonchev–Trinajstić information content (AvgIpc) is 1.35. The number of hydrogen-bond donors (Lipinski definition) is 1. The molecule has 0 heterocycles. The van der Waals surface area contributed by atoms with E-state index in [2.05, 4.69) is 0 Å². The average molecular weight is 128 g/mol. The molecule has 0 aliphatic carbocycles. The Hall–Kier alpha value is 0.687. The Bertz CT molecular complexity index is 61.2. The molecule has 0 aromatic rings. The van der Waals surface area contributed by atoms with Crippen molar-refractivity contribution < 1.29 is 40.9 Å². The normalized spacial score (nSPS) is 7.43. The van der Waals surface area contributed by atoms with Crippen molar-refractivity contribution in [1.29, 1.82) is 0 Å². The van der Waals surface area contributed by atoms with E-state index in [-0.39, 0.29) is 31.0 Å². The van der Waals surface area contributed by atoms with Crippen molar-refractivity contribution in [2.75, 3.05) is 0 Å². The summed E-state index contributed by atoms with van der Waals surface area (Å²) >= 11 is 0. The molecule has 0 aliphatic heterocycles. The van der Waals surface area contributed by atoms with Gasteiger partial charge >= 0.3 is 35.5 Å². The van der Waals surface area contributed by atoms with Gasteiger partial charge in [0, 0.05) is 16.7 Å². The maximum Gasteiger partial charge on any atom is 1.00 e. The maximum absolute atomic E-state index is 9.62. The third kappa shape index (κ3) is 10.8. The Morgan fingerprint density at radius 3 is 2.29 bits per heavy atom. The second-order valence-corrected chi connectivity index (χ2v) is 2.14. The van der Waals surface area contributed by atoms with Crippen LogP contribution in [0.5, 0.6) is 0 Å². The summed E-state index contributed by atoms with van der Waals surface area (Å²) < 4.78 is 0. The first-order chi connectivity index (χ1) is 2.77. The van der Waals surface area contributed by atoms with Crippen molar-refractivity contribution in [2.24, 2.45) is 0 Å². The standard InChI is InChI=1S/C3H8O2Si.Na.H/c4-3(5)1-2-6;;/h1-2H2,6H3,(H,4,5);;/q;+1;-1. The van der Waals surface area contributed by atoms with Gasteiger partial charge in [0.1, 0.15) is 0 Å². The molecule has 0 fully saturated rings. The fourth-order valence-corrected chi connectivity index (χ4v) is 0.642. The van der Waals surface area contributed by atoms with Crippen LogP contribution >= 0.6 is 0 Å². The van der Waals surface area contributed by atoms with Crippen LogP contribution in [0.3, 0.4) is 0 Å². The van der Waals surface area contributed by atoms with Crippen LogP contribution in [0, 0.1) is 0 Å². The van der Waals surface area contributed by atoms with Gasteiger partial charge in [0.15, 0.2) is 0 Å². The summed E-state index contributed by atoms with van der Waals surface area (Å²) in [4.78, 5) is 9.62. The van der Waals surface area contributed by atoms with E-state index in [1.807, 2.05) is 0 Å². The minimum Gasteiger partial charge on any atom is -1.00 e. The molecule has 0 aromatic heterocycles. The Kier molecular flexibility index (Phi) is 10.2. The van der Waals surface area contributed by atoms with Gasteiger partial charge in [-0.05, 0) is 0 Å². The summed E-state index contributed by atoms with van der Waals surface area (Å²) in [6.07, 6.45) is 0.353. The summed E-state index contributed by atoms with van der Waals surface area (Å²) in [7, 11) is 1.01. The van der Waals surface area contributed by atoms with Gasteiger partial charge in [-0.15, -0.1) is 0 Å². The smallest absolute Gasteiger partial charge is 1.00 e. The first-order valence-corrected chi connectivity index (χ1v) is 3.40. The van der Waals surface area contributed by atoms with Gasteiger partial charge in [-0.3, -0.25) is 4.79 Å². The van der Waals surface area contributed by atoms with Crippen LogP contribution < -0.4 is 29.6 Å². The second-order valence-electron chi connectivity index (χ2n) is 1.14. The fourth-order valence-electron chi connectivity index (χ4n) is 0.214. The van der Waals surface area contributed by atoms with Gasteiger partial charge in [0.2, 0.25) is 0 Å². The van der Waals surface area contributed by atoms with Crippen molar-refractivity contribution in [1.82, 2.24) is 0 Å². The molecule has 7 heavy (non-hydrogen) atoms. The van der Waals surface area contributed by atoms with Gasteiger partial charge in [-0.25, -0.2) is 0 Å². The van der Waals surface area contributed by atoms with E-state index in [1.54, 1.807) is 0 Å². The molecule has 2 nitrogen and oxygen atoms in total. The minimum atomic E-state index is -0.676. The van der Waals surface area contributed by atoms with Crippen LogP contribution in [0.15, 0.2) is 0 Å². The molecule has 4 heteroatoms. The fraction of sp³-hybridized carbons (Fsp3) is 0.667. The third-order valence-electron chi connectivity index (χ3n) is 0.464. The zero-order valence-corrected chi connectivity index (χ0v) is 8.77. The van der Waals surface area contributed by atoms with Crippen molar-refractivity contribution in [3.63, 3.8) is 0 Å². The molecule has 0 atom stereocenters. The van der Waals surface area contributed by atoms with Crippen molar-refractivity contribution >= 4 is 16.2 Å². The number of carbonyl (C=O) groups is 1. The SMILES string of the molecule is O=C(O)CC[SiH3].[H-].[Na+]. The molecule has 0 amide bonds. The summed E-state index contributed by atoms with van der Waals surface area (Å²) in [5.74, 6) is -0.676. The van der Waals surface area contributed by atoms with E-state index in [0.29, 0.717) is 6.42 Å². The first-order valence-electron chi connectivity index (χ1n) is 1.99. The van der Waals surface area contributed by atoms with Gasteiger partial charge < -0.3 is 6.53 Å². The van der Waals surface area contributed by atoms with Crippen molar-refractivity contribution in [3.05, 3.63) is 0 Å². The Labute approximate surface area is 69.5 Å². The van der Waals surface area contributed by atoms with Gasteiger partial charge in [-0.2, -0.15) is 0 Å². The van der Waals surface area contributed by atoms with E-state index >= 15 is 0 Å². The number of rotatable bonds is 2. The Morgan fingerprint density at radius 2 is 2.29 bits per heavy atom. The molecule has 38 valence electrons.